The summed E-state index contributed by atoms with van der Waals surface area (Å²) in [6, 6.07) is 6.27. The van der Waals surface area contributed by atoms with Crippen LogP contribution in [0, 0.1) is 0 Å². The number of ether oxygens (including phenoxy) is 1. The van der Waals surface area contributed by atoms with Gasteiger partial charge >= 0.3 is 11.9 Å². The van der Waals surface area contributed by atoms with Crippen molar-refractivity contribution >= 4 is 11.9 Å². The Kier molecular flexibility index (Phi) is 5.81. The molecule has 0 atom stereocenters. The number of aliphatic carboxylic acids is 1. The van der Waals surface area contributed by atoms with Gasteiger partial charge < -0.3 is 14.9 Å². The van der Waals surface area contributed by atoms with Gasteiger partial charge in [0.1, 0.15) is 5.75 Å². The molecular weight excluding hydrogens is 250 g/mol. The number of hydrogen-bond acceptors (Lipinski definition) is 4. The van der Waals surface area contributed by atoms with Crippen molar-refractivity contribution in [2.24, 2.45) is 0 Å². The van der Waals surface area contributed by atoms with E-state index in [9.17, 15) is 9.59 Å². The first kappa shape index (κ1) is 15.0. The second-order valence-electron chi connectivity index (χ2n) is 4.17. The van der Waals surface area contributed by atoms with E-state index < -0.39 is 11.9 Å². The van der Waals surface area contributed by atoms with Crippen molar-refractivity contribution in [2.45, 2.75) is 6.42 Å². The van der Waals surface area contributed by atoms with Crippen molar-refractivity contribution in [3.63, 3.8) is 0 Å². The first-order valence-corrected chi connectivity index (χ1v) is 5.85. The van der Waals surface area contributed by atoms with Gasteiger partial charge in [0, 0.05) is 6.54 Å². The van der Waals surface area contributed by atoms with Crippen LogP contribution in [0.15, 0.2) is 24.3 Å². The van der Waals surface area contributed by atoms with Crippen molar-refractivity contribution in [1.29, 1.82) is 0 Å². The number of carboxylic acid groups (broad SMARTS) is 2. The molecular formula is C13H17NO5. The van der Waals surface area contributed by atoms with Gasteiger partial charge in [-0.25, -0.2) is 4.79 Å². The SMILES string of the molecule is CN(CCCOc1cccc(C(=O)O)c1)CC(=O)O. The Hall–Kier alpha value is -2.08. The van der Waals surface area contributed by atoms with E-state index in [-0.39, 0.29) is 12.1 Å². The Balaban J connectivity index is 2.31. The molecule has 1 rings (SSSR count). The van der Waals surface area contributed by atoms with Crippen LogP contribution in [-0.4, -0.2) is 53.8 Å². The van der Waals surface area contributed by atoms with Gasteiger partial charge in [-0.1, -0.05) is 6.07 Å². The second-order valence-corrected chi connectivity index (χ2v) is 4.17. The van der Waals surface area contributed by atoms with E-state index in [2.05, 4.69) is 0 Å². The lowest BCUT2D eigenvalue weighted by Crippen LogP contribution is -2.27. The molecule has 19 heavy (non-hydrogen) atoms. The van der Waals surface area contributed by atoms with E-state index in [4.69, 9.17) is 14.9 Å². The molecule has 0 spiro atoms. The molecule has 1 aromatic rings. The van der Waals surface area contributed by atoms with Gasteiger partial charge in [0.25, 0.3) is 0 Å². The van der Waals surface area contributed by atoms with Gasteiger partial charge in [-0.15, -0.1) is 0 Å². The summed E-state index contributed by atoms with van der Waals surface area (Å²) in [5, 5.41) is 17.4. The highest BCUT2D eigenvalue weighted by Gasteiger charge is 2.05. The molecule has 0 saturated heterocycles. The third-order valence-corrected chi connectivity index (χ3v) is 2.44. The van der Waals surface area contributed by atoms with Gasteiger partial charge in [-0.2, -0.15) is 0 Å². The fourth-order valence-electron chi connectivity index (χ4n) is 1.55. The van der Waals surface area contributed by atoms with Crippen molar-refractivity contribution in [1.82, 2.24) is 4.90 Å². The summed E-state index contributed by atoms with van der Waals surface area (Å²) in [6.45, 7) is 1.01. The van der Waals surface area contributed by atoms with Crippen LogP contribution in [0.3, 0.4) is 0 Å². The summed E-state index contributed by atoms with van der Waals surface area (Å²) in [5.74, 6) is -1.36. The van der Waals surface area contributed by atoms with Gasteiger partial charge in [-0.3, -0.25) is 9.69 Å². The van der Waals surface area contributed by atoms with Crippen molar-refractivity contribution in [2.75, 3.05) is 26.7 Å². The summed E-state index contributed by atoms with van der Waals surface area (Å²) in [4.78, 5) is 22.9. The van der Waals surface area contributed by atoms with Crippen LogP contribution in [0.5, 0.6) is 5.75 Å². The van der Waals surface area contributed by atoms with E-state index in [0.29, 0.717) is 25.3 Å². The summed E-state index contributed by atoms with van der Waals surface area (Å²) in [6.07, 6.45) is 0.668. The maximum atomic E-state index is 10.8. The van der Waals surface area contributed by atoms with Crippen molar-refractivity contribution in [3.05, 3.63) is 29.8 Å². The number of aromatic carboxylic acids is 1. The van der Waals surface area contributed by atoms with Crippen LogP contribution in [-0.2, 0) is 4.79 Å². The van der Waals surface area contributed by atoms with E-state index in [1.54, 1.807) is 24.1 Å². The Morgan fingerprint density at radius 2 is 2.05 bits per heavy atom. The Bertz CT molecular complexity index is 446. The summed E-state index contributed by atoms with van der Waals surface area (Å²) >= 11 is 0. The minimum absolute atomic E-state index is 0.00546. The molecule has 6 heteroatoms. The topological polar surface area (TPSA) is 87.1 Å². The number of nitrogens with zero attached hydrogens (tertiary/aromatic N) is 1. The third kappa shape index (κ3) is 5.87. The molecule has 0 radical (unpaired) electrons. The molecule has 0 heterocycles. The normalized spacial score (nSPS) is 10.4. The second kappa shape index (κ2) is 7.38. The Morgan fingerprint density at radius 1 is 1.32 bits per heavy atom. The maximum Gasteiger partial charge on any atom is 0.335 e. The van der Waals surface area contributed by atoms with E-state index >= 15 is 0 Å². The first-order valence-electron chi connectivity index (χ1n) is 5.85. The number of benzene rings is 1. The molecule has 0 unspecified atom stereocenters. The highest BCUT2D eigenvalue weighted by atomic mass is 16.5. The maximum absolute atomic E-state index is 10.8. The number of carboxylic acids is 2. The zero-order chi connectivity index (χ0) is 14.3. The number of rotatable bonds is 8. The smallest absolute Gasteiger partial charge is 0.335 e. The highest BCUT2D eigenvalue weighted by molar-refractivity contribution is 5.87. The molecule has 0 bridgehead atoms. The van der Waals surface area contributed by atoms with E-state index in [1.165, 1.54) is 12.1 Å². The minimum Gasteiger partial charge on any atom is -0.494 e. The van der Waals surface area contributed by atoms with Gasteiger partial charge in [0.15, 0.2) is 0 Å². The lowest BCUT2D eigenvalue weighted by molar-refractivity contribution is -0.138. The average Bonchev–Trinajstić information content (AvgIpc) is 2.34. The third-order valence-electron chi connectivity index (χ3n) is 2.44. The molecule has 104 valence electrons. The average molecular weight is 267 g/mol. The number of carbonyl (C=O) groups is 2. The summed E-state index contributed by atoms with van der Waals surface area (Å²) in [7, 11) is 1.72. The molecule has 0 aliphatic heterocycles. The van der Waals surface area contributed by atoms with Crippen LogP contribution in [0.25, 0.3) is 0 Å². The minimum atomic E-state index is -0.994. The van der Waals surface area contributed by atoms with Crippen LogP contribution in [0.4, 0.5) is 0 Å². The number of hydrogen-bond donors (Lipinski definition) is 2. The van der Waals surface area contributed by atoms with E-state index in [0.717, 1.165) is 0 Å². The molecule has 0 aliphatic rings. The van der Waals surface area contributed by atoms with Crippen molar-refractivity contribution < 1.29 is 24.5 Å². The molecule has 2 N–H and O–H groups in total. The summed E-state index contributed by atoms with van der Waals surface area (Å²) in [5.41, 5.74) is 0.181. The zero-order valence-electron chi connectivity index (χ0n) is 10.7. The first-order chi connectivity index (χ1) is 8.99. The molecule has 0 aromatic heterocycles. The molecule has 6 nitrogen and oxygen atoms in total. The van der Waals surface area contributed by atoms with Crippen LogP contribution in [0.2, 0.25) is 0 Å². The number of likely N-dealkylation sites (N-methyl/N-ethyl adjacent to an activating group) is 1. The predicted molar refractivity (Wildman–Crippen MR) is 68.6 cm³/mol. The Labute approximate surface area is 111 Å². The highest BCUT2D eigenvalue weighted by Crippen LogP contribution is 2.13. The standard InChI is InChI=1S/C13H17NO5/c1-14(9-12(15)16)6-3-7-19-11-5-2-4-10(8-11)13(17)18/h2,4-5,8H,3,6-7,9H2,1H3,(H,15,16)(H,17,18). The molecule has 0 amide bonds. The monoisotopic (exact) mass is 267 g/mol. The lowest BCUT2D eigenvalue weighted by Gasteiger charge is -2.14. The quantitative estimate of drug-likeness (QED) is 0.687. The van der Waals surface area contributed by atoms with Crippen LogP contribution >= 0.6 is 0 Å². The summed E-state index contributed by atoms with van der Waals surface area (Å²) < 4.78 is 5.41. The molecule has 0 saturated carbocycles. The molecule has 1 aromatic carbocycles. The fraction of sp³-hybridized carbons (Fsp3) is 0.385. The zero-order valence-corrected chi connectivity index (χ0v) is 10.7. The Morgan fingerprint density at radius 3 is 2.68 bits per heavy atom. The van der Waals surface area contributed by atoms with E-state index in [1.807, 2.05) is 0 Å². The predicted octanol–water partition coefficient (Wildman–Crippen LogP) is 1.17. The largest absolute Gasteiger partial charge is 0.494 e. The van der Waals surface area contributed by atoms with Crippen LogP contribution in [0.1, 0.15) is 16.8 Å². The van der Waals surface area contributed by atoms with Gasteiger partial charge in [-0.05, 0) is 31.7 Å². The molecule has 0 fully saturated rings. The molecule has 0 aliphatic carbocycles. The van der Waals surface area contributed by atoms with Gasteiger partial charge in [0.05, 0.1) is 18.7 Å². The lowest BCUT2D eigenvalue weighted by atomic mass is 10.2. The van der Waals surface area contributed by atoms with Crippen molar-refractivity contribution in [3.8, 4) is 5.75 Å². The fourth-order valence-corrected chi connectivity index (χ4v) is 1.55. The van der Waals surface area contributed by atoms with Gasteiger partial charge in [0.2, 0.25) is 0 Å². The van der Waals surface area contributed by atoms with Crippen LogP contribution < -0.4 is 4.74 Å².